The third-order valence-corrected chi connectivity index (χ3v) is 5.06. The van der Waals surface area contributed by atoms with E-state index in [1.807, 2.05) is 30.6 Å². The number of halogens is 3. The van der Waals surface area contributed by atoms with Crippen LogP contribution in [0, 0.1) is 13.8 Å². The first kappa shape index (κ1) is 18.2. The maximum atomic E-state index is 12.4. The van der Waals surface area contributed by atoms with Crippen molar-refractivity contribution in [3.8, 4) is 10.6 Å². The van der Waals surface area contributed by atoms with Crippen LogP contribution in [0.4, 0.5) is 13.2 Å². The fourth-order valence-electron chi connectivity index (χ4n) is 2.86. The highest BCUT2D eigenvalue weighted by Crippen LogP contribution is 2.35. The monoisotopic (exact) mass is 384 g/mol. The summed E-state index contributed by atoms with van der Waals surface area (Å²) in [6.07, 6.45) is -3.65. The number of thiophene rings is 1. The lowest BCUT2D eigenvalue weighted by molar-refractivity contribution is -0.173. The first-order valence-corrected chi connectivity index (χ1v) is 8.55. The van der Waals surface area contributed by atoms with Crippen molar-refractivity contribution in [1.82, 2.24) is 19.9 Å². The molecule has 0 atom stereocenters. The normalized spacial score (nSPS) is 11.9. The molecular formula is C16H15F3N4O2S. The van der Waals surface area contributed by atoms with Gasteiger partial charge >= 0.3 is 12.1 Å². The molecule has 1 amide bonds. The maximum absolute atomic E-state index is 12.4. The third kappa shape index (κ3) is 3.12. The molecular weight excluding hydrogens is 369 g/mol. The highest BCUT2D eigenvalue weighted by atomic mass is 32.1. The molecule has 10 heteroatoms. The number of nitrogens with zero attached hydrogens (tertiary/aromatic N) is 2. The first-order chi connectivity index (χ1) is 12.2. The molecule has 0 aliphatic rings. The maximum Gasteiger partial charge on any atom is 0.471 e. The van der Waals surface area contributed by atoms with Gasteiger partial charge in [0.1, 0.15) is 5.52 Å². The van der Waals surface area contributed by atoms with E-state index >= 15 is 0 Å². The number of rotatable bonds is 4. The van der Waals surface area contributed by atoms with E-state index in [1.54, 1.807) is 4.57 Å². The van der Waals surface area contributed by atoms with Crippen LogP contribution in [0.25, 0.3) is 21.6 Å². The first-order valence-electron chi connectivity index (χ1n) is 7.67. The minimum Gasteiger partial charge on any atom is -0.346 e. The second-order valence-corrected chi connectivity index (χ2v) is 6.66. The molecule has 3 heterocycles. The number of aromatic amines is 1. The van der Waals surface area contributed by atoms with Crippen molar-refractivity contribution < 1.29 is 18.0 Å². The van der Waals surface area contributed by atoms with Crippen molar-refractivity contribution in [2.45, 2.75) is 26.6 Å². The Balaban J connectivity index is 2.07. The predicted molar refractivity (Wildman–Crippen MR) is 92.2 cm³/mol. The van der Waals surface area contributed by atoms with E-state index in [0.717, 1.165) is 21.7 Å². The number of alkyl halides is 3. The molecule has 3 rings (SSSR count). The Bertz CT molecular complexity index is 1030. The number of aromatic nitrogens is 3. The van der Waals surface area contributed by atoms with Gasteiger partial charge in [0.2, 0.25) is 0 Å². The number of carbonyl (C=O) groups is 1. The minimum atomic E-state index is -4.94. The minimum absolute atomic E-state index is 0.00755. The highest BCUT2D eigenvalue weighted by molar-refractivity contribution is 7.13. The Morgan fingerprint density at radius 3 is 2.73 bits per heavy atom. The lowest BCUT2D eigenvalue weighted by Gasteiger charge is -2.12. The zero-order chi connectivity index (χ0) is 19.1. The predicted octanol–water partition coefficient (Wildman–Crippen LogP) is 2.75. The van der Waals surface area contributed by atoms with Crippen molar-refractivity contribution in [3.05, 3.63) is 39.3 Å². The average Bonchev–Trinajstić information content (AvgIpc) is 3.09. The summed E-state index contributed by atoms with van der Waals surface area (Å²) in [6.45, 7) is 3.46. The van der Waals surface area contributed by atoms with Crippen molar-refractivity contribution in [3.63, 3.8) is 0 Å². The number of aryl methyl sites for hydroxylation is 2. The molecule has 0 saturated heterocycles. The van der Waals surface area contributed by atoms with Gasteiger partial charge in [-0.1, -0.05) is 0 Å². The number of hydrogen-bond acceptors (Lipinski definition) is 4. The Labute approximate surface area is 149 Å². The summed E-state index contributed by atoms with van der Waals surface area (Å²) in [5.41, 5.74) is 2.84. The van der Waals surface area contributed by atoms with E-state index < -0.39 is 12.1 Å². The number of H-pyrrole nitrogens is 1. The summed E-state index contributed by atoms with van der Waals surface area (Å²) in [5.74, 6) is -2.01. The molecule has 138 valence electrons. The molecule has 3 aromatic heterocycles. The van der Waals surface area contributed by atoms with E-state index in [-0.39, 0.29) is 24.2 Å². The van der Waals surface area contributed by atoms with Gasteiger partial charge in [-0.25, -0.2) is 4.98 Å². The van der Waals surface area contributed by atoms with Gasteiger partial charge in [-0.05, 0) is 30.9 Å². The van der Waals surface area contributed by atoms with E-state index in [9.17, 15) is 22.8 Å². The number of nitrogens with one attached hydrogen (secondary N) is 2. The number of amides is 1. The average molecular weight is 384 g/mol. The standard InChI is InChI=1S/C16H15F3N4O2S/c1-8-3-6-26-13(8)11-9(2)10-12(14(24)22-7-21-10)23(11)5-4-20-15(25)16(17,18)19/h3,6-7H,4-5H2,1-2H3,(H,20,25)(H,21,22,24). The van der Waals surface area contributed by atoms with E-state index in [0.29, 0.717) is 5.52 Å². The molecule has 0 fully saturated rings. The molecule has 0 saturated carbocycles. The quantitative estimate of drug-likeness (QED) is 0.726. The summed E-state index contributed by atoms with van der Waals surface area (Å²) in [6, 6.07) is 1.92. The Hall–Kier alpha value is -2.62. The van der Waals surface area contributed by atoms with Gasteiger partial charge < -0.3 is 14.9 Å². The lowest BCUT2D eigenvalue weighted by Crippen LogP contribution is -2.38. The van der Waals surface area contributed by atoms with Crippen LogP contribution in [-0.4, -0.2) is 33.2 Å². The van der Waals surface area contributed by atoms with Crippen molar-refractivity contribution in [1.29, 1.82) is 0 Å². The van der Waals surface area contributed by atoms with Gasteiger partial charge in [0.15, 0.2) is 0 Å². The fourth-order valence-corrected chi connectivity index (χ4v) is 3.89. The smallest absolute Gasteiger partial charge is 0.346 e. The molecule has 0 bridgehead atoms. The number of fused-ring (bicyclic) bond motifs is 1. The van der Waals surface area contributed by atoms with Gasteiger partial charge in [0.05, 0.1) is 22.4 Å². The molecule has 26 heavy (non-hydrogen) atoms. The van der Waals surface area contributed by atoms with Crippen molar-refractivity contribution >= 4 is 28.3 Å². The summed E-state index contributed by atoms with van der Waals surface area (Å²) >= 11 is 1.47. The van der Waals surface area contributed by atoms with Gasteiger partial charge in [0.25, 0.3) is 5.56 Å². The molecule has 0 aliphatic heterocycles. The van der Waals surface area contributed by atoms with E-state index in [1.165, 1.54) is 17.7 Å². The molecule has 0 spiro atoms. The molecule has 0 aliphatic carbocycles. The van der Waals surface area contributed by atoms with Crippen LogP contribution in [0.1, 0.15) is 11.1 Å². The highest BCUT2D eigenvalue weighted by Gasteiger charge is 2.38. The van der Waals surface area contributed by atoms with Crippen molar-refractivity contribution in [2.75, 3.05) is 6.54 Å². The second-order valence-electron chi connectivity index (χ2n) is 5.74. The van der Waals surface area contributed by atoms with E-state index in [4.69, 9.17) is 0 Å². The fraction of sp³-hybridized carbons (Fsp3) is 0.312. The van der Waals surface area contributed by atoms with Gasteiger partial charge in [-0.2, -0.15) is 13.2 Å². The SMILES string of the molecule is Cc1ccsc1-c1c(C)c2nc[nH]c(=O)c2n1CCNC(=O)C(F)(F)F. The Morgan fingerprint density at radius 2 is 2.12 bits per heavy atom. The van der Waals surface area contributed by atoms with Crippen molar-refractivity contribution in [2.24, 2.45) is 0 Å². The zero-order valence-corrected chi connectivity index (χ0v) is 14.7. The van der Waals surface area contributed by atoms with Crippen LogP contribution in [0.15, 0.2) is 22.6 Å². The summed E-state index contributed by atoms with van der Waals surface area (Å²) < 4.78 is 38.7. The summed E-state index contributed by atoms with van der Waals surface area (Å²) in [5, 5.41) is 3.74. The summed E-state index contributed by atoms with van der Waals surface area (Å²) in [4.78, 5) is 30.9. The zero-order valence-electron chi connectivity index (χ0n) is 13.9. The van der Waals surface area contributed by atoms with Crippen LogP contribution in [0.2, 0.25) is 0 Å². The van der Waals surface area contributed by atoms with Gasteiger partial charge in [-0.15, -0.1) is 11.3 Å². The number of carbonyl (C=O) groups excluding carboxylic acids is 1. The molecule has 0 aromatic carbocycles. The molecule has 6 nitrogen and oxygen atoms in total. The van der Waals surface area contributed by atoms with E-state index in [2.05, 4.69) is 9.97 Å². The topological polar surface area (TPSA) is 79.8 Å². The molecule has 2 N–H and O–H groups in total. The van der Waals surface area contributed by atoms with Crippen LogP contribution < -0.4 is 10.9 Å². The van der Waals surface area contributed by atoms with Gasteiger partial charge in [0, 0.05) is 18.7 Å². The third-order valence-electron chi connectivity index (χ3n) is 4.03. The van der Waals surface area contributed by atoms with Crippen LogP contribution in [0.3, 0.4) is 0 Å². The van der Waals surface area contributed by atoms with Crippen LogP contribution >= 0.6 is 11.3 Å². The molecule has 0 radical (unpaired) electrons. The Morgan fingerprint density at radius 1 is 1.38 bits per heavy atom. The second kappa shape index (κ2) is 6.60. The lowest BCUT2D eigenvalue weighted by atomic mass is 10.1. The van der Waals surface area contributed by atoms with Crippen LogP contribution in [-0.2, 0) is 11.3 Å². The number of hydrogen-bond donors (Lipinski definition) is 2. The molecule has 0 unspecified atom stereocenters. The Kier molecular flexibility index (Phi) is 4.61. The largest absolute Gasteiger partial charge is 0.471 e. The van der Waals surface area contributed by atoms with Crippen LogP contribution in [0.5, 0.6) is 0 Å². The van der Waals surface area contributed by atoms with Gasteiger partial charge in [-0.3, -0.25) is 9.59 Å². The molecule has 3 aromatic rings. The summed E-state index contributed by atoms with van der Waals surface area (Å²) in [7, 11) is 0.